The van der Waals surface area contributed by atoms with E-state index in [1.807, 2.05) is 0 Å². The molecule has 1 unspecified atom stereocenters. The summed E-state index contributed by atoms with van der Waals surface area (Å²) in [6, 6.07) is 12.6. The standard InChI is InChI=1S/C15H12O4/c16-9-12-11(7-4-8-13(12)17)15(19)14(18)10-5-2-1-3-6-10/h1-9,14,17-18H. The van der Waals surface area contributed by atoms with Crippen molar-refractivity contribution in [3.63, 3.8) is 0 Å². The molecule has 2 aromatic rings. The fourth-order valence-electron chi connectivity index (χ4n) is 1.83. The summed E-state index contributed by atoms with van der Waals surface area (Å²) in [5.74, 6) is -0.898. The summed E-state index contributed by atoms with van der Waals surface area (Å²) >= 11 is 0. The van der Waals surface area contributed by atoms with Gasteiger partial charge in [-0.2, -0.15) is 0 Å². The largest absolute Gasteiger partial charge is 0.507 e. The molecule has 0 spiro atoms. The van der Waals surface area contributed by atoms with E-state index in [1.54, 1.807) is 30.3 Å². The van der Waals surface area contributed by atoms with Crippen LogP contribution >= 0.6 is 0 Å². The number of phenols is 1. The van der Waals surface area contributed by atoms with Crippen molar-refractivity contribution < 1.29 is 19.8 Å². The summed E-state index contributed by atoms with van der Waals surface area (Å²) in [7, 11) is 0. The Bertz CT molecular complexity index is 605. The lowest BCUT2D eigenvalue weighted by molar-refractivity contribution is 0.0744. The topological polar surface area (TPSA) is 74.6 Å². The first-order valence-corrected chi connectivity index (χ1v) is 5.69. The Morgan fingerprint density at radius 2 is 1.74 bits per heavy atom. The lowest BCUT2D eigenvalue weighted by atomic mass is 9.96. The molecule has 2 N–H and O–H groups in total. The number of aliphatic hydroxyl groups is 1. The van der Waals surface area contributed by atoms with E-state index in [2.05, 4.69) is 0 Å². The Labute approximate surface area is 109 Å². The normalized spacial score (nSPS) is 11.8. The maximum absolute atomic E-state index is 12.2. The second-order valence-electron chi connectivity index (χ2n) is 4.03. The molecule has 0 amide bonds. The van der Waals surface area contributed by atoms with Crippen LogP contribution < -0.4 is 0 Å². The van der Waals surface area contributed by atoms with Crippen LogP contribution in [0.5, 0.6) is 5.75 Å². The highest BCUT2D eigenvalue weighted by atomic mass is 16.3. The first kappa shape index (κ1) is 13.0. The van der Waals surface area contributed by atoms with Crippen molar-refractivity contribution in [2.75, 3.05) is 0 Å². The van der Waals surface area contributed by atoms with Gasteiger partial charge in [-0.3, -0.25) is 9.59 Å². The third kappa shape index (κ3) is 2.53. The molecule has 0 radical (unpaired) electrons. The highest BCUT2D eigenvalue weighted by Gasteiger charge is 2.22. The van der Waals surface area contributed by atoms with E-state index in [9.17, 15) is 19.8 Å². The zero-order valence-electron chi connectivity index (χ0n) is 9.98. The molecule has 1 atom stereocenters. The molecular weight excluding hydrogens is 244 g/mol. The van der Waals surface area contributed by atoms with Crippen LogP contribution in [-0.2, 0) is 0 Å². The highest BCUT2D eigenvalue weighted by molar-refractivity contribution is 6.06. The first-order chi connectivity index (χ1) is 9.15. The van der Waals surface area contributed by atoms with Crippen LogP contribution in [0.4, 0.5) is 0 Å². The van der Waals surface area contributed by atoms with Crippen LogP contribution in [0, 0.1) is 0 Å². The summed E-state index contributed by atoms with van der Waals surface area (Å²) in [5, 5.41) is 19.5. The van der Waals surface area contributed by atoms with Crippen molar-refractivity contribution in [2.45, 2.75) is 6.10 Å². The zero-order valence-corrected chi connectivity index (χ0v) is 9.98. The second kappa shape index (κ2) is 5.46. The molecule has 0 saturated carbocycles. The average molecular weight is 256 g/mol. The summed E-state index contributed by atoms with van der Waals surface area (Å²) in [6.07, 6.45) is -0.956. The number of carbonyl (C=O) groups excluding carboxylic acids is 2. The molecule has 4 nitrogen and oxygen atoms in total. The molecular formula is C15H12O4. The Balaban J connectivity index is 2.40. The van der Waals surface area contributed by atoms with E-state index in [0.717, 1.165) is 0 Å². The Morgan fingerprint density at radius 1 is 1.05 bits per heavy atom. The SMILES string of the molecule is O=Cc1c(O)cccc1C(=O)C(O)c1ccccc1. The maximum Gasteiger partial charge on any atom is 0.196 e. The van der Waals surface area contributed by atoms with E-state index in [-0.39, 0.29) is 16.9 Å². The molecule has 0 aliphatic carbocycles. The molecule has 0 aliphatic heterocycles. The number of hydrogen-bond donors (Lipinski definition) is 2. The van der Waals surface area contributed by atoms with Crippen molar-refractivity contribution in [3.05, 3.63) is 65.2 Å². The number of carbonyl (C=O) groups is 2. The van der Waals surface area contributed by atoms with Crippen molar-refractivity contribution in [1.29, 1.82) is 0 Å². The molecule has 0 aromatic heterocycles. The zero-order chi connectivity index (χ0) is 13.8. The minimum atomic E-state index is -1.36. The van der Waals surface area contributed by atoms with Gasteiger partial charge in [0.25, 0.3) is 0 Å². The van der Waals surface area contributed by atoms with Crippen LogP contribution in [0.3, 0.4) is 0 Å². The van der Waals surface area contributed by atoms with E-state index in [0.29, 0.717) is 11.8 Å². The molecule has 2 aromatic carbocycles. The number of aromatic hydroxyl groups is 1. The van der Waals surface area contributed by atoms with E-state index in [1.165, 1.54) is 18.2 Å². The number of ketones is 1. The number of hydrogen-bond acceptors (Lipinski definition) is 4. The Kier molecular flexibility index (Phi) is 3.73. The van der Waals surface area contributed by atoms with Crippen molar-refractivity contribution in [2.24, 2.45) is 0 Å². The van der Waals surface area contributed by atoms with Gasteiger partial charge in [-0.05, 0) is 11.6 Å². The fourth-order valence-corrected chi connectivity index (χ4v) is 1.83. The van der Waals surface area contributed by atoms with Crippen LogP contribution in [0.2, 0.25) is 0 Å². The second-order valence-corrected chi connectivity index (χ2v) is 4.03. The van der Waals surface area contributed by atoms with Crippen LogP contribution in [0.15, 0.2) is 48.5 Å². The lowest BCUT2D eigenvalue weighted by Gasteiger charge is -2.11. The highest BCUT2D eigenvalue weighted by Crippen LogP contribution is 2.24. The average Bonchev–Trinajstić information content (AvgIpc) is 2.46. The summed E-state index contributed by atoms with van der Waals surface area (Å²) in [6.45, 7) is 0. The number of aliphatic hydroxyl groups excluding tert-OH is 1. The van der Waals surface area contributed by atoms with Gasteiger partial charge in [0.1, 0.15) is 11.9 Å². The quantitative estimate of drug-likeness (QED) is 0.649. The molecule has 0 aliphatic rings. The van der Waals surface area contributed by atoms with Gasteiger partial charge in [-0.1, -0.05) is 42.5 Å². The molecule has 0 saturated heterocycles. The molecule has 96 valence electrons. The van der Waals surface area contributed by atoms with Gasteiger partial charge in [0.15, 0.2) is 12.1 Å². The van der Waals surface area contributed by atoms with E-state index in [4.69, 9.17) is 0 Å². The van der Waals surface area contributed by atoms with Gasteiger partial charge in [0.2, 0.25) is 0 Å². The van der Waals surface area contributed by atoms with Crippen LogP contribution in [-0.4, -0.2) is 22.3 Å². The lowest BCUT2D eigenvalue weighted by Crippen LogP contribution is -2.14. The molecule has 2 rings (SSSR count). The number of phenolic OH excluding ortho intramolecular Hbond substituents is 1. The van der Waals surface area contributed by atoms with Gasteiger partial charge < -0.3 is 10.2 Å². The van der Waals surface area contributed by atoms with E-state index < -0.39 is 11.9 Å². The van der Waals surface area contributed by atoms with Crippen LogP contribution in [0.1, 0.15) is 32.4 Å². The predicted octanol–water partition coefficient (Wildman–Crippen LogP) is 2.12. The Morgan fingerprint density at radius 3 is 2.37 bits per heavy atom. The molecule has 0 bridgehead atoms. The third-order valence-electron chi connectivity index (χ3n) is 2.83. The van der Waals surface area contributed by atoms with Crippen molar-refractivity contribution in [1.82, 2.24) is 0 Å². The van der Waals surface area contributed by atoms with Gasteiger partial charge in [-0.15, -0.1) is 0 Å². The Hall–Kier alpha value is -2.46. The van der Waals surface area contributed by atoms with Crippen molar-refractivity contribution >= 4 is 12.1 Å². The fraction of sp³-hybridized carbons (Fsp3) is 0.0667. The van der Waals surface area contributed by atoms with Gasteiger partial charge >= 0.3 is 0 Å². The molecule has 0 heterocycles. The summed E-state index contributed by atoms with van der Waals surface area (Å²) < 4.78 is 0. The van der Waals surface area contributed by atoms with Gasteiger partial charge in [0, 0.05) is 5.56 Å². The number of Topliss-reactive ketones (excluding diaryl/α,β-unsaturated/α-hetero) is 1. The monoisotopic (exact) mass is 256 g/mol. The number of aldehydes is 1. The van der Waals surface area contributed by atoms with E-state index >= 15 is 0 Å². The minimum Gasteiger partial charge on any atom is -0.507 e. The molecule has 19 heavy (non-hydrogen) atoms. The predicted molar refractivity (Wildman–Crippen MR) is 69.2 cm³/mol. The summed E-state index contributed by atoms with van der Waals surface area (Å²) in [5.41, 5.74) is 0.335. The number of rotatable bonds is 4. The molecule has 4 heteroatoms. The maximum atomic E-state index is 12.2. The van der Waals surface area contributed by atoms with Gasteiger partial charge in [-0.25, -0.2) is 0 Å². The molecule has 0 fully saturated rings. The van der Waals surface area contributed by atoms with Gasteiger partial charge in [0.05, 0.1) is 5.56 Å². The van der Waals surface area contributed by atoms with Crippen molar-refractivity contribution in [3.8, 4) is 5.75 Å². The first-order valence-electron chi connectivity index (χ1n) is 5.69. The van der Waals surface area contributed by atoms with Crippen LogP contribution in [0.25, 0.3) is 0 Å². The number of benzene rings is 2. The minimum absolute atomic E-state index is 0.00588. The smallest absolute Gasteiger partial charge is 0.196 e. The summed E-state index contributed by atoms with van der Waals surface area (Å²) in [4.78, 5) is 23.1. The third-order valence-corrected chi connectivity index (χ3v) is 2.83.